The van der Waals surface area contributed by atoms with E-state index in [1.807, 2.05) is 6.07 Å². The van der Waals surface area contributed by atoms with Gasteiger partial charge in [0.15, 0.2) is 0 Å². The number of nitrogens with zero attached hydrogens (tertiary/aromatic N) is 2. The van der Waals surface area contributed by atoms with E-state index in [4.69, 9.17) is 4.74 Å². The summed E-state index contributed by atoms with van der Waals surface area (Å²) < 4.78 is 6.31. The summed E-state index contributed by atoms with van der Waals surface area (Å²) in [6.45, 7) is 3.76. The molecule has 4 rings (SSSR count). The normalized spacial score (nSPS) is 26.3. The van der Waals surface area contributed by atoms with Crippen LogP contribution in [-0.2, 0) is 14.9 Å². The topological polar surface area (TPSA) is 32.8 Å². The predicted octanol–water partition coefficient (Wildman–Crippen LogP) is 3.46. The number of amides is 1. The SMILES string of the molecule is CN(C)CCC1CCOC2(CCN(C(=O)C3(c4ccccc4)CC3)CC2)C1. The largest absolute Gasteiger partial charge is 0.375 e. The summed E-state index contributed by atoms with van der Waals surface area (Å²) in [5.74, 6) is 1.12. The van der Waals surface area contributed by atoms with Gasteiger partial charge in [0.05, 0.1) is 11.0 Å². The first kappa shape index (κ1) is 18.9. The Labute approximate surface area is 163 Å². The van der Waals surface area contributed by atoms with Gasteiger partial charge in [-0.25, -0.2) is 0 Å². The Morgan fingerprint density at radius 2 is 1.85 bits per heavy atom. The van der Waals surface area contributed by atoms with E-state index >= 15 is 0 Å². The number of piperidine rings is 1. The summed E-state index contributed by atoms with van der Waals surface area (Å²) in [5, 5.41) is 0. The van der Waals surface area contributed by atoms with Gasteiger partial charge in [-0.2, -0.15) is 0 Å². The fraction of sp³-hybridized carbons (Fsp3) is 0.696. The third kappa shape index (κ3) is 3.93. The van der Waals surface area contributed by atoms with E-state index in [-0.39, 0.29) is 11.0 Å². The minimum Gasteiger partial charge on any atom is -0.375 e. The molecule has 0 radical (unpaired) electrons. The molecule has 3 fully saturated rings. The lowest BCUT2D eigenvalue weighted by atomic mass is 9.78. The number of carbonyl (C=O) groups excluding carboxylic acids is 1. The summed E-state index contributed by atoms with van der Waals surface area (Å²) in [6.07, 6.45) is 7.63. The molecule has 1 unspecified atom stereocenters. The van der Waals surface area contributed by atoms with Crippen molar-refractivity contribution in [3.8, 4) is 0 Å². The average Bonchev–Trinajstić information content (AvgIpc) is 3.49. The average molecular weight is 371 g/mol. The number of hydrogen-bond acceptors (Lipinski definition) is 3. The van der Waals surface area contributed by atoms with Gasteiger partial charge in [-0.3, -0.25) is 4.79 Å². The molecule has 3 aliphatic rings. The fourth-order valence-electron chi connectivity index (χ4n) is 5.09. The van der Waals surface area contributed by atoms with E-state index in [2.05, 4.69) is 48.2 Å². The second-order valence-corrected chi connectivity index (χ2v) is 9.22. The van der Waals surface area contributed by atoms with Crippen molar-refractivity contribution in [2.75, 3.05) is 40.3 Å². The minimum atomic E-state index is -0.229. The van der Waals surface area contributed by atoms with Gasteiger partial charge in [0.2, 0.25) is 5.91 Å². The van der Waals surface area contributed by atoms with Crippen molar-refractivity contribution in [3.63, 3.8) is 0 Å². The molecule has 1 aromatic carbocycles. The summed E-state index contributed by atoms with van der Waals surface area (Å²) in [7, 11) is 4.30. The fourth-order valence-corrected chi connectivity index (χ4v) is 5.09. The molecule has 0 bridgehead atoms. The molecule has 0 N–H and O–H groups in total. The Kier molecular flexibility index (Phi) is 5.30. The number of rotatable bonds is 5. The molecule has 2 saturated heterocycles. The van der Waals surface area contributed by atoms with Crippen LogP contribution < -0.4 is 0 Å². The maximum absolute atomic E-state index is 13.3. The number of hydrogen-bond donors (Lipinski definition) is 0. The van der Waals surface area contributed by atoms with Crippen molar-refractivity contribution in [2.24, 2.45) is 5.92 Å². The summed E-state index contributed by atoms with van der Waals surface area (Å²) in [6, 6.07) is 10.4. The zero-order valence-electron chi connectivity index (χ0n) is 17.0. The van der Waals surface area contributed by atoms with Crippen molar-refractivity contribution in [1.29, 1.82) is 0 Å². The van der Waals surface area contributed by atoms with Crippen LogP contribution in [0.1, 0.15) is 50.5 Å². The van der Waals surface area contributed by atoms with E-state index in [1.54, 1.807) is 0 Å². The Hall–Kier alpha value is -1.39. The van der Waals surface area contributed by atoms with Crippen LogP contribution in [0, 0.1) is 5.92 Å². The molecule has 1 saturated carbocycles. The number of benzene rings is 1. The first-order chi connectivity index (χ1) is 13.0. The van der Waals surface area contributed by atoms with Gasteiger partial charge >= 0.3 is 0 Å². The molecular formula is C23H34N2O2. The van der Waals surface area contributed by atoms with Crippen molar-refractivity contribution in [3.05, 3.63) is 35.9 Å². The maximum Gasteiger partial charge on any atom is 0.233 e. The van der Waals surface area contributed by atoms with Crippen LogP contribution >= 0.6 is 0 Å². The second-order valence-electron chi connectivity index (χ2n) is 9.22. The predicted molar refractivity (Wildman–Crippen MR) is 108 cm³/mol. The Morgan fingerprint density at radius 1 is 1.15 bits per heavy atom. The van der Waals surface area contributed by atoms with Crippen molar-refractivity contribution < 1.29 is 9.53 Å². The van der Waals surface area contributed by atoms with Gasteiger partial charge in [0, 0.05) is 19.7 Å². The zero-order chi connectivity index (χ0) is 18.9. The highest BCUT2D eigenvalue weighted by Gasteiger charge is 2.54. The molecule has 2 heterocycles. The minimum absolute atomic E-state index is 0.0233. The van der Waals surface area contributed by atoms with E-state index in [0.29, 0.717) is 5.91 Å². The van der Waals surface area contributed by atoms with Crippen molar-refractivity contribution >= 4 is 5.91 Å². The maximum atomic E-state index is 13.3. The molecule has 1 amide bonds. The summed E-state index contributed by atoms with van der Waals surface area (Å²) >= 11 is 0. The molecule has 1 aromatic rings. The van der Waals surface area contributed by atoms with Crippen LogP contribution in [0.15, 0.2) is 30.3 Å². The molecule has 4 nitrogen and oxygen atoms in total. The van der Waals surface area contributed by atoms with Gasteiger partial charge in [-0.15, -0.1) is 0 Å². The number of carbonyl (C=O) groups is 1. The van der Waals surface area contributed by atoms with Gasteiger partial charge in [0.1, 0.15) is 0 Å². The number of ether oxygens (including phenoxy) is 1. The van der Waals surface area contributed by atoms with Crippen LogP contribution in [0.4, 0.5) is 0 Å². The van der Waals surface area contributed by atoms with E-state index < -0.39 is 0 Å². The smallest absolute Gasteiger partial charge is 0.233 e. The van der Waals surface area contributed by atoms with E-state index in [1.165, 1.54) is 24.8 Å². The van der Waals surface area contributed by atoms with Crippen LogP contribution in [0.3, 0.4) is 0 Å². The lowest BCUT2D eigenvalue weighted by molar-refractivity contribution is -0.149. The van der Waals surface area contributed by atoms with E-state index in [0.717, 1.165) is 57.8 Å². The highest BCUT2D eigenvalue weighted by atomic mass is 16.5. The molecule has 1 atom stereocenters. The number of likely N-dealkylation sites (tertiary alicyclic amines) is 1. The highest BCUT2D eigenvalue weighted by Crippen LogP contribution is 2.50. The monoisotopic (exact) mass is 370 g/mol. The molecule has 1 aliphatic carbocycles. The first-order valence-electron chi connectivity index (χ1n) is 10.7. The first-order valence-corrected chi connectivity index (χ1v) is 10.7. The lowest BCUT2D eigenvalue weighted by Gasteiger charge is -2.47. The van der Waals surface area contributed by atoms with Gasteiger partial charge in [-0.1, -0.05) is 30.3 Å². The van der Waals surface area contributed by atoms with Gasteiger partial charge in [0.25, 0.3) is 0 Å². The Bertz CT molecular complexity index is 646. The van der Waals surface area contributed by atoms with Crippen LogP contribution in [0.2, 0.25) is 0 Å². The van der Waals surface area contributed by atoms with Crippen molar-refractivity contribution in [1.82, 2.24) is 9.80 Å². The molecule has 0 aromatic heterocycles. The molecule has 148 valence electrons. The summed E-state index contributed by atoms with van der Waals surface area (Å²) in [5.41, 5.74) is 0.996. The Balaban J connectivity index is 1.35. The van der Waals surface area contributed by atoms with Gasteiger partial charge < -0.3 is 14.5 Å². The third-order valence-electron chi connectivity index (χ3n) is 7.03. The summed E-state index contributed by atoms with van der Waals surface area (Å²) in [4.78, 5) is 17.7. The van der Waals surface area contributed by atoms with Crippen LogP contribution in [0.5, 0.6) is 0 Å². The zero-order valence-corrected chi connectivity index (χ0v) is 17.0. The molecule has 2 aliphatic heterocycles. The highest BCUT2D eigenvalue weighted by molar-refractivity contribution is 5.91. The molecule has 1 spiro atoms. The van der Waals surface area contributed by atoms with Crippen LogP contribution in [-0.4, -0.2) is 61.6 Å². The van der Waals surface area contributed by atoms with E-state index in [9.17, 15) is 4.79 Å². The quantitative estimate of drug-likeness (QED) is 0.796. The molecule has 4 heteroatoms. The third-order valence-corrected chi connectivity index (χ3v) is 7.03. The lowest BCUT2D eigenvalue weighted by Crippen LogP contribution is -2.52. The van der Waals surface area contributed by atoms with Crippen molar-refractivity contribution in [2.45, 2.75) is 56.0 Å². The Morgan fingerprint density at radius 3 is 2.48 bits per heavy atom. The second kappa shape index (κ2) is 7.56. The van der Waals surface area contributed by atoms with Crippen LogP contribution in [0.25, 0.3) is 0 Å². The molecular weight excluding hydrogens is 336 g/mol. The molecule has 27 heavy (non-hydrogen) atoms. The standard InChI is InChI=1S/C23H34N2O2/c1-24(2)14-8-19-9-17-27-22(18-19)12-15-25(16-13-22)21(26)23(10-11-23)20-6-4-3-5-7-20/h3-7,19H,8-18H2,1-2H3. The van der Waals surface area contributed by atoms with Gasteiger partial charge in [-0.05, 0) is 77.1 Å².